The van der Waals surface area contributed by atoms with Crippen LogP contribution in [0.2, 0.25) is 5.02 Å². The van der Waals surface area contributed by atoms with Gasteiger partial charge in [-0.15, -0.1) is 0 Å². The molecule has 0 fully saturated rings. The molecule has 0 saturated carbocycles. The van der Waals surface area contributed by atoms with Crippen LogP contribution in [0.15, 0.2) is 16.7 Å². The number of ether oxygens (including phenoxy) is 3. The van der Waals surface area contributed by atoms with Crippen molar-refractivity contribution >= 4 is 27.5 Å². The van der Waals surface area contributed by atoms with Crippen molar-refractivity contribution in [2.75, 3.05) is 33.5 Å². The fourth-order valence-electron chi connectivity index (χ4n) is 1.08. The molecule has 0 aliphatic carbocycles. The second-order valence-corrected chi connectivity index (χ2v) is 4.54. The second kappa shape index (κ2) is 8.69. The highest BCUT2D eigenvalue weighted by Gasteiger charge is 2.03. The van der Waals surface area contributed by atoms with E-state index in [9.17, 15) is 0 Å². The van der Waals surface area contributed by atoms with Crippen molar-refractivity contribution in [3.05, 3.63) is 21.8 Å². The zero-order chi connectivity index (χ0) is 12.5. The number of methoxy groups -OCH3 is 1. The van der Waals surface area contributed by atoms with Crippen molar-refractivity contribution < 1.29 is 14.2 Å². The van der Waals surface area contributed by atoms with Crippen molar-refractivity contribution in [2.45, 2.75) is 6.42 Å². The summed E-state index contributed by atoms with van der Waals surface area (Å²) in [4.78, 5) is 4.06. The topological polar surface area (TPSA) is 40.6 Å². The van der Waals surface area contributed by atoms with E-state index in [4.69, 9.17) is 25.8 Å². The van der Waals surface area contributed by atoms with Crippen LogP contribution in [0.1, 0.15) is 6.42 Å². The van der Waals surface area contributed by atoms with E-state index in [0.29, 0.717) is 37.3 Å². The van der Waals surface area contributed by atoms with E-state index in [1.807, 2.05) is 0 Å². The van der Waals surface area contributed by atoms with Gasteiger partial charge >= 0.3 is 0 Å². The first-order valence-corrected chi connectivity index (χ1v) is 6.41. The Morgan fingerprint density at radius 3 is 2.82 bits per heavy atom. The van der Waals surface area contributed by atoms with Crippen LogP contribution in [-0.2, 0) is 9.47 Å². The average molecular weight is 325 g/mol. The van der Waals surface area contributed by atoms with Crippen molar-refractivity contribution in [1.82, 2.24) is 4.98 Å². The zero-order valence-electron chi connectivity index (χ0n) is 9.62. The predicted octanol–water partition coefficient (Wildman–Crippen LogP) is 2.93. The number of hydrogen-bond acceptors (Lipinski definition) is 4. The van der Waals surface area contributed by atoms with E-state index in [1.165, 1.54) is 0 Å². The van der Waals surface area contributed by atoms with Gasteiger partial charge in [-0.25, -0.2) is 4.98 Å². The Balaban J connectivity index is 2.14. The molecule has 17 heavy (non-hydrogen) atoms. The molecule has 0 aromatic carbocycles. The Kier molecular flexibility index (Phi) is 7.51. The summed E-state index contributed by atoms with van der Waals surface area (Å²) in [6, 6.07) is 1.75. The molecule has 0 N–H and O–H groups in total. The highest BCUT2D eigenvalue weighted by molar-refractivity contribution is 9.10. The minimum absolute atomic E-state index is 0.547. The third-order valence-corrected chi connectivity index (χ3v) is 2.65. The number of halogens is 2. The monoisotopic (exact) mass is 323 g/mol. The standard InChI is InChI=1S/C11H15BrClNO3/c1-15-5-6-16-3-2-4-17-11-10(12)7-9(13)8-14-11/h7-8H,2-6H2,1H3. The second-order valence-electron chi connectivity index (χ2n) is 3.25. The summed E-state index contributed by atoms with van der Waals surface area (Å²) in [5.74, 6) is 0.547. The van der Waals surface area contributed by atoms with E-state index in [-0.39, 0.29) is 0 Å². The van der Waals surface area contributed by atoms with Gasteiger partial charge in [0.15, 0.2) is 0 Å². The van der Waals surface area contributed by atoms with Gasteiger partial charge in [0.05, 0.1) is 29.3 Å². The lowest BCUT2D eigenvalue weighted by Crippen LogP contribution is -2.07. The van der Waals surface area contributed by atoms with Gasteiger partial charge in [0.1, 0.15) is 0 Å². The molecule has 0 saturated heterocycles. The fraction of sp³-hybridized carbons (Fsp3) is 0.545. The average Bonchev–Trinajstić information content (AvgIpc) is 2.30. The van der Waals surface area contributed by atoms with Crippen LogP contribution < -0.4 is 4.74 Å². The van der Waals surface area contributed by atoms with Crippen LogP contribution in [0.25, 0.3) is 0 Å². The van der Waals surface area contributed by atoms with Crippen LogP contribution in [0, 0.1) is 0 Å². The van der Waals surface area contributed by atoms with Gasteiger partial charge in [0.25, 0.3) is 0 Å². The Bertz CT molecular complexity index is 338. The van der Waals surface area contributed by atoms with E-state index in [1.54, 1.807) is 19.4 Å². The molecule has 0 aliphatic heterocycles. The normalized spacial score (nSPS) is 10.5. The molecule has 0 unspecified atom stereocenters. The highest BCUT2D eigenvalue weighted by Crippen LogP contribution is 2.24. The molecular weight excluding hydrogens is 309 g/mol. The first-order valence-electron chi connectivity index (χ1n) is 5.24. The van der Waals surface area contributed by atoms with Crippen molar-refractivity contribution in [3.63, 3.8) is 0 Å². The fourth-order valence-corrected chi connectivity index (χ4v) is 1.84. The van der Waals surface area contributed by atoms with Crippen LogP contribution in [0.4, 0.5) is 0 Å². The summed E-state index contributed by atoms with van der Waals surface area (Å²) in [7, 11) is 1.65. The molecule has 1 heterocycles. The molecule has 0 spiro atoms. The SMILES string of the molecule is COCCOCCCOc1ncc(Cl)cc1Br. The highest BCUT2D eigenvalue weighted by atomic mass is 79.9. The largest absolute Gasteiger partial charge is 0.477 e. The Hall–Kier alpha value is -0.360. The Morgan fingerprint density at radius 1 is 1.29 bits per heavy atom. The van der Waals surface area contributed by atoms with E-state index in [2.05, 4.69) is 20.9 Å². The van der Waals surface area contributed by atoms with Crippen molar-refractivity contribution in [1.29, 1.82) is 0 Å². The molecule has 96 valence electrons. The van der Waals surface area contributed by atoms with Gasteiger partial charge in [-0.1, -0.05) is 11.6 Å². The van der Waals surface area contributed by atoms with Crippen LogP contribution >= 0.6 is 27.5 Å². The van der Waals surface area contributed by atoms with Crippen LogP contribution in [-0.4, -0.2) is 38.5 Å². The molecule has 1 aromatic rings. The molecule has 6 heteroatoms. The van der Waals surface area contributed by atoms with Gasteiger partial charge in [-0.3, -0.25) is 0 Å². The number of aromatic nitrogens is 1. The van der Waals surface area contributed by atoms with Crippen LogP contribution in [0.5, 0.6) is 5.88 Å². The van der Waals surface area contributed by atoms with E-state index < -0.39 is 0 Å². The van der Waals surface area contributed by atoms with Crippen molar-refractivity contribution in [3.8, 4) is 5.88 Å². The lowest BCUT2D eigenvalue weighted by atomic mass is 10.4. The van der Waals surface area contributed by atoms with Gasteiger partial charge in [-0.05, 0) is 22.0 Å². The minimum atomic E-state index is 0.547. The molecule has 4 nitrogen and oxygen atoms in total. The molecular formula is C11H15BrClNO3. The maximum absolute atomic E-state index is 5.77. The number of pyridine rings is 1. The molecule has 0 bridgehead atoms. The lowest BCUT2D eigenvalue weighted by Gasteiger charge is -2.07. The Labute approximate surface area is 114 Å². The Morgan fingerprint density at radius 2 is 2.12 bits per heavy atom. The number of hydrogen-bond donors (Lipinski definition) is 0. The quantitative estimate of drug-likeness (QED) is 0.689. The summed E-state index contributed by atoms with van der Waals surface area (Å²) in [6.07, 6.45) is 2.36. The van der Waals surface area contributed by atoms with Crippen molar-refractivity contribution in [2.24, 2.45) is 0 Å². The third-order valence-electron chi connectivity index (χ3n) is 1.88. The zero-order valence-corrected chi connectivity index (χ0v) is 12.0. The summed E-state index contributed by atoms with van der Waals surface area (Å²) in [6.45, 7) is 2.43. The third kappa shape index (κ3) is 6.21. The number of rotatable bonds is 8. The van der Waals surface area contributed by atoms with Gasteiger partial charge in [0, 0.05) is 26.3 Å². The maximum Gasteiger partial charge on any atom is 0.228 e. The first kappa shape index (κ1) is 14.7. The van der Waals surface area contributed by atoms with E-state index in [0.717, 1.165) is 10.9 Å². The summed E-state index contributed by atoms with van der Waals surface area (Å²) in [5.41, 5.74) is 0. The van der Waals surface area contributed by atoms with Gasteiger partial charge in [-0.2, -0.15) is 0 Å². The van der Waals surface area contributed by atoms with Crippen LogP contribution in [0.3, 0.4) is 0 Å². The van der Waals surface area contributed by atoms with E-state index >= 15 is 0 Å². The smallest absolute Gasteiger partial charge is 0.228 e. The molecule has 0 atom stereocenters. The molecule has 1 rings (SSSR count). The summed E-state index contributed by atoms with van der Waals surface area (Å²) >= 11 is 9.10. The molecule has 0 aliphatic rings. The van der Waals surface area contributed by atoms with Gasteiger partial charge in [0.2, 0.25) is 5.88 Å². The van der Waals surface area contributed by atoms with Gasteiger partial charge < -0.3 is 14.2 Å². The molecule has 1 aromatic heterocycles. The maximum atomic E-state index is 5.77. The summed E-state index contributed by atoms with van der Waals surface area (Å²) in [5, 5.41) is 0.576. The number of nitrogens with zero attached hydrogens (tertiary/aromatic N) is 1. The molecule has 0 radical (unpaired) electrons. The minimum Gasteiger partial charge on any atom is -0.477 e. The lowest BCUT2D eigenvalue weighted by molar-refractivity contribution is 0.0641. The molecule has 0 amide bonds. The first-order chi connectivity index (χ1) is 8.24. The summed E-state index contributed by atoms with van der Waals surface area (Å²) < 4.78 is 16.4. The predicted molar refractivity (Wildman–Crippen MR) is 69.8 cm³/mol.